The van der Waals surface area contributed by atoms with Crippen LogP contribution < -0.4 is 11.6 Å². The molecule has 3 nitrogen and oxygen atoms in total. The van der Waals surface area contributed by atoms with Crippen LogP contribution >= 0.6 is 0 Å². The first-order valence-electron chi connectivity index (χ1n) is 9.08. The molecule has 0 amide bonds. The maximum absolute atomic E-state index is 5.97. The third-order valence-electron chi connectivity index (χ3n) is 5.13. The lowest BCUT2D eigenvalue weighted by molar-refractivity contribution is 0.282. The van der Waals surface area contributed by atoms with Gasteiger partial charge in [0.1, 0.15) is 5.84 Å². The van der Waals surface area contributed by atoms with Crippen molar-refractivity contribution in [1.82, 2.24) is 0 Å². The van der Waals surface area contributed by atoms with Crippen LogP contribution in [0.15, 0.2) is 5.10 Å². The van der Waals surface area contributed by atoms with Gasteiger partial charge in [-0.25, -0.2) is 0 Å². The molecule has 1 aliphatic rings. The molecule has 3 heteroatoms. The molecule has 0 spiro atoms. The molecule has 1 fully saturated rings. The fourth-order valence-electron chi connectivity index (χ4n) is 3.54. The topological polar surface area (TPSA) is 64.4 Å². The fourth-order valence-corrected chi connectivity index (χ4v) is 3.54. The van der Waals surface area contributed by atoms with Crippen LogP contribution in [0.4, 0.5) is 0 Å². The Morgan fingerprint density at radius 1 is 0.810 bits per heavy atom. The lowest BCUT2D eigenvalue weighted by atomic mass is 9.82. The van der Waals surface area contributed by atoms with Crippen LogP contribution in [0.1, 0.15) is 97.3 Å². The summed E-state index contributed by atoms with van der Waals surface area (Å²) in [6.45, 7) is 4.89. The Bertz CT molecular complexity index is 297. The highest BCUT2D eigenvalue weighted by molar-refractivity contribution is 5.82. The molecule has 1 atom stereocenters. The predicted molar refractivity (Wildman–Crippen MR) is 93.1 cm³/mol. The second kappa shape index (κ2) is 10.1. The number of hydrogen-bond acceptors (Lipinski definition) is 2. The third kappa shape index (κ3) is 8.33. The van der Waals surface area contributed by atoms with E-state index >= 15 is 0 Å². The predicted octanol–water partition coefficient (Wildman–Crippen LogP) is 4.94. The van der Waals surface area contributed by atoms with Crippen LogP contribution in [0.25, 0.3) is 0 Å². The quantitative estimate of drug-likeness (QED) is 0.311. The maximum Gasteiger partial charge on any atom is 0.122 e. The average Bonchev–Trinajstić information content (AvgIpc) is 2.46. The number of hydrogen-bond donors (Lipinski definition) is 2. The first-order valence-corrected chi connectivity index (χ1v) is 9.08. The van der Waals surface area contributed by atoms with Crippen molar-refractivity contribution in [2.75, 3.05) is 0 Å². The largest absolute Gasteiger partial charge is 0.386 e. The van der Waals surface area contributed by atoms with E-state index in [0.717, 1.165) is 12.8 Å². The van der Waals surface area contributed by atoms with Gasteiger partial charge in [0.25, 0.3) is 0 Å². The molecule has 0 aliphatic heterocycles. The fraction of sp³-hybridized carbons (Fsp3) is 0.944. The van der Waals surface area contributed by atoms with Crippen molar-refractivity contribution < 1.29 is 0 Å². The summed E-state index contributed by atoms with van der Waals surface area (Å²) in [6.07, 6.45) is 17.2. The molecule has 0 saturated heterocycles. The Hall–Kier alpha value is -0.730. The summed E-state index contributed by atoms with van der Waals surface area (Å²) in [5.74, 6) is 6.46. The first kappa shape index (κ1) is 18.3. The molecular weight excluding hydrogens is 258 g/mol. The van der Waals surface area contributed by atoms with Gasteiger partial charge in [-0.1, -0.05) is 71.6 Å². The summed E-state index contributed by atoms with van der Waals surface area (Å²) in [4.78, 5) is 0. The van der Waals surface area contributed by atoms with Crippen LogP contribution in [0.5, 0.6) is 0 Å². The number of hydrazone groups is 1. The van der Waals surface area contributed by atoms with Gasteiger partial charge in [0, 0.05) is 5.92 Å². The van der Waals surface area contributed by atoms with Gasteiger partial charge >= 0.3 is 0 Å². The maximum atomic E-state index is 5.97. The van der Waals surface area contributed by atoms with E-state index in [1.165, 1.54) is 70.6 Å². The average molecular weight is 296 g/mol. The molecule has 0 heterocycles. The smallest absolute Gasteiger partial charge is 0.122 e. The lowest BCUT2D eigenvalue weighted by Crippen LogP contribution is -2.25. The Morgan fingerprint density at radius 3 is 1.71 bits per heavy atom. The Balaban J connectivity index is 2.44. The minimum absolute atomic E-state index is 0.413. The van der Waals surface area contributed by atoms with Crippen molar-refractivity contribution in [3.8, 4) is 0 Å². The van der Waals surface area contributed by atoms with Gasteiger partial charge in [0.05, 0.1) is 0 Å². The summed E-state index contributed by atoms with van der Waals surface area (Å²) in [5.41, 5.74) is 6.51. The van der Waals surface area contributed by atoms with E-state index in [1.54, 1.807) is 0 Å². The molecule has 124 valence electrons. The zero-order valence-corrected chi connectivity index (χ0v) is 14.4. The summed E-state index contributed by atoms with van der Waals surface area (Å²) < 4.78 is 0. The second-order valence-electron chi connectivity index (χ2n) is 7.67. The van der Waals surface area contributed by atoms with E-state index in [4.69, 9.17) is 11.6 Å². The van der Waals surface area contributed by atoms with Crippen molar-refractivity contribution in [2.24, 2.45) is 28.0 Å². The van der Waals surface area contributed by atoms with E-state index in [1.807, 2.05) is 0 Å². The molecule has 0 aromatic carbocycles. The van der Waals surface area contributed by atoms with Crippen molar-refractivity contribution in [3.05, 3.63) is 0 Å². The SMILES string of the molecule is CC1(C)CCCCCCCC(C(N)=NN)CCCCCC1. The minimum atomic E-state index is 0.413. The van der Waals surface area contributed by atoms with Crippen LogP contribution in [-0.2, 0) is 0 Å². The van der Waals surface area contributed by atoms with Crippen LogP contribution in [0.3, 0.4) is 0 Å². The standard InChI is InChI=1S/C18H37N3/c1-18(2)14-10-6-3-4-8-12-16(17(19)21-20)13-9-5-7-11-15-18/h16H,3-15,20H2,1-2H3,(H2,19,21). The Morgan fingerprint density at radius 2 is 1.24 bits per heavy atom. The molecule has 21 heavy (non-hydrogen) atoms. The van der Waals surface area contributed by atoms with Crippen LogP contribution in [-0.4, -0.2) is 5.84 Å². The van der Waals surface area contributed by atoms with Gasteiger partial charge in [-0.2, -0.15) is 5.10 Å². The summed E-state index contributed by atoms with van der Waals surface area (Å²) in [6, 6.07) is 0. The zero-order valence-electron chi connectivity index (χ0n) is 14.4. The van der Waals surface area contributed by atoms with Gasteiger partial charge in [-0.3, -0.25) is 0 Å². The Labute approximate surface area is 131 Å². The molecule has 0 bridgehead atoms. The third-order valence-corrected chi connectivity index (χ3v) is 5.13. The van der Waals surface area contributed by atoms with E-state index in [2.05, 4.69) is 18.9 Å². The van der Waals surface area contributed by atoms with E-state index < -0.39 is 0 Å². The number of rotatable bonds is 1. The van der Waals surface area contributed by atoms with Gasteiger partial charge in [-0.05, 0) is 31.1 Å². The molecule has 1 unspecified atom stereocenters. The molecule has 0 aromatic rings. The van der Waals surface area contributed by atoms with Crippen molar-refractivity contribution in [2.45, 2.75) is 97.3 Å². The number of nitrogens with two attached hydrogens (primary N) is 2. The highest BCUT2D eigenvalue weighted by Crippen LogP contribution is 2.31. The van der Waals surface area contributed by atoms with Gasteiger partial charge in [0.15, 0.2) is 0 Å². The van der Waals surface area contributed by atoms with E-state index in [-0.39, 0.29) is 0 Å². The normalized spacial score (nSPS) is 27.5. The van der Waals surface area contributed by atoms with E-state index in [0.29, 0.717) is 17.2 Å². The monoisotopic (exact) mass is 295 g/mol. The molecule has 1 aliphatic carbocycles. The minimum Gasteiger partial charge on any atom is -0.386 e. The van der Waals surface area contributed by atoms with Crippen molar-refractivity contribution in [1.29, 1.82) is 0 Å². The Kier molecular flexibility index (Phi) is 8.79. The lowest BCUT2D eigenvalue weighted by Gasteiger charge is -2.24. The molecule has 4 N–H and O–H groups in total. The summed E-state index contributed by atoms with van der Waals surface area (Å²) in [5, 5.41) is 3.74. The highest BCUT2D eigenvalue weighted by atomic mass is 15.2. The molecular formula is C18H37N3. The molecule has 0 aromatic heterocycles. The molecule has 1 rings (SSSR count). The summed E-state index contributed by atoms with van der Waals surface area (Å²) in [7, 11) is 0. The van der Waals surface area contributed by atoms with Crippen LogP contribution in [0, 0.1) is 11.3 Å². The first-order chi connectivity index (χ1) is 10.0. The van der Waals surface area contributed by atoms with Crippen LogP contribution in [0.2, 0.25) is 0 Å². The van der Waals surface area contributed by atoms with Gasteiger partial charge in [-0.15, -0.1) is 0 Å². The second-order valence-corrected chi connectivity index (χ2v) is 7.67. The van der Waals surface area contributed by atoms with Gasteiger partial charge in [0.2, 0.25) is 0 Å². The zero-order chi connectivity index (χ0) is 15.6. The highest BCUT2D eigenvalue weighted by Gasteiger charge is 2.17. The van der Waals surface area contributed by atoms with Gasteiger partial charge < -0.3 is 11.6 Å². The molecule has 0 radical (unpaired) electrons. The number of amidine groups is 1. The summed E-state index contributed by atoms with van der Waals surface area (Å²) >= 11 is 0. The number of nitrogens with zero attached hydrogens (tertiary/aromatic N) is 1. The van der Waals surface area contributed by atoms with Crippen molar-refractivity contribution >= 4 is 5.84 Å². The van der Waals surface area contributed by atoms with Crippen molar-refractivity contribution in [3.63, 3.8) is 0 Å². The molecule has 1 saturated carbocycles. The van der Waals surface area contributed by atoms with E-state index in [9.17, 15) is 0 Å².